The largest absolute Gasteiger partial charge is 0.314 e. The third kappa shape index (κ3) is 4.53. The summed E-state index contributed by atoms with van der Waals surface area (Å²) in [4.78, 5) is 2.19. The summed E-state index contributed by atoms with van der Waals surface area (Å²) in [5.74, 6) is -0.0259. The summed E-state index contributed by atoms with van der Waals surface area (Å²) in [7, 11) is -1.98. The molecule has 0 saturated carbocycles. The lowest BCUT2D eigenvalue weighted by Gasteiger charge is -2.38. The van der Waals surface area contributed by atoms with Crippen molar-refractivity contribution in [1.29, 1.82) is 0 Å². The second-order valence-corrected chi connectivity index (χ2v) is 11.5. The van der Waals surface area contributed by atoms with Gasteiger partial charge in [-0.1, -0.05) is 46.9 Å². The third-order valence-electron chi connectivity index (χ3n) is 6.15. The first-order valence-electron chi connectivity index (χ1n) is 10.5. The number of nitrogens with zero attached hydrogens (tertiary/aromatic N) is 4. The minimum absolute atomic E-state index is 0. The van der Waals surface area contributed by atoms with Gasteiger partial charge in [0.05, 0.1) is 28.2 Å². The van der Waals surface area contributed by atoms with E-state index in [-0.39, 0.29) is 24.2 Å². The lowest BCUT2D eigenvalue weighted by Crippen LogP contribution is -2.50. The molecule has 1 N–H and O–H groups in total. The smallest absolute Gasteiger partial charge is 0.236 e. The molecule has 2 aliphatic rings. The molecule has 7 nitrogen and oxygen atoms in total. The molecule has 1 unspecified atom stereocenters. The summed E-state index contributed by atoms with van der Waals surface area (Å²) in [5.41, 5.74) is 3.30. The highest BCUT2D eigenvalue weighted by Crippen LogP contribution is 2.45. The minimum atomic E-state index is -3.56. The second kappa shape index (κ2) is 9.85. The van der Waals surface area contributed by atoms with Crippen LogP contribution in [0, 0.1) is 0 Å². The summed E-state index contributed by atoms with van der Waals surface area (Å²) in [6.45, 7) is 3.09. The first kappa shape index (κ1) is 25.6. The van der Waals surface area contributed by atoms with Gasteiger partial charge in [0.15, 0.2) is 0 Å². The molecular formula is C22H23Cl4N5O2S. The molecule has 1 aromatic heterocycles. The molecule has 1 atom stereocenters. The van der Waals surface area contributed by atoms with E-state index in [0.29, 0.717) is 37.8 Å². The van der Waals surface area contributed by atoms with Gasteiger partial charge in [-0.15, -0.1) is 12.4 Å². The Bertz CT molecular complexity index is 1310. The second-order valence-electron chi connectivity index (χ2n) is 8.14. The maximum Gasteiger partial charge on any atom is 0.236 e. The molecular weight excluding hydrogens is 540 g/mol. The molecule has 0 amide bonds. The first-order valence-corrected chi connectivity index (χ1v) is 13.3. The number of benzene rings is 2. The van der Waals surface area contributed by atoms with E-state index in [1.165, 1.54) is 4.31 Å². The molecule has 34 heavy (non-hydrogen) atoms. The summed E-state index contributed by atoms with van der Waals surface area (Å²) in [6, 6.07) is 12.1. The maximum atomic E-state index is 13.3. The lowest BCUT2D eigenvalue weighted by atomic mass is 10.1. The molecule has 2 aromatic carbocycles. The topological polar surface area (TPSA) is 70.5 Å². The van der Waals surface area contributed by atoms with Crippen molar-refractivity contribution in [1.82, 2.24) is 20.0 Å². The number of sulfonamides is 1. The Kier molecular flexibility index (Phi) is 7.41. The van der Waals surface area contributed by atoms with E-state index >= 15 is 0 Å². The van der Waals surface area contributed by atoms with Gasteiger partial charge in [-0.2, -0.15) is 5.10 Å². The Morgan fingerprint density at radius 1 is 1.00 bits per heavy atom. The van der Waals surface area contributed by atoms with Gasteiger partial charge in [-0.05, 0) is 30.3 Å². The number of nitrogens with one attached hydrogen (secondary N) is 1. The zero-order chi connectivity index (χ0) is 23.3. The predicted octanol–water partition coefficient (Wildman–Crippen LogP) is 4.65. The number of hydrogen-bond acceptors (Lipinski definition) is 5. The van der Waals surface area contributed by atoms with Gasteiger partial charge in [-0.3, -0.25) is 9.21 Å². The van der Waals surface area contributed by atoms with Crippen LogP contribution in [0.15, 0.2) is 42.5 Å². The van der Waals surface area contributed by atoms with Crippen LogP contribution in [0.1, 0.15) is 11.7 Å². The molecule has 1 fully saturated rings. The van der Waals surface area contributed by atoms with Crippen LogP contribution in [-0.2, 0) is 10.0 Å². The standard InChI is InChI=1S/C22H22Cl3N5O2S.ClH/c1-28-22-20(19(13-33(28,31)32)29-10-8-26-9-11-29)27-30(18-7-6-16(24)12-17(18)25)21(22)14-2-4-15(23)5-3-14;/h2-7,12,19,26H,8-11,13H2,1H3;1H. The van der Waals surface area contributed by atoms with E-state index in [9.17, 15) is 8.42 Å². The first-order chi connectivity index (χ1) is 15.8. The van der Waals surface area contributed by atoms with Crippen molar-refractivity contribution in [3.63, 3.8) is 0 Å². The van der Waals surface area contributed by atoms with Gasteiger partial charge in [0.25, 0.3) is 0 Å². The molecule has 3 aromatic rings. The van der Waals surface area contributed by atoms with Gasteiger partial charge in [-0.25, -0.2) is 13.1 Å². The third-order valence-corrected chi connectivity index (χ3v) is 8.69. The van der Waals surface area contributed by atoms with E-state index in [1.807, 2.05) is 12.1 Å². The number of aromatic nitrogens is 2. The fourth-order valence-electron chi connectivity index (χ4n) is 4.46. The normalized spacial score (nSPS) is 20.0. The van der Waals surface area contributed by atoms with Crippen molar-refractivity contribution >= 4 is 62.9 Å². The monoisotopic (exact) mass is 561 g/mol. The van der Waals surface area contributed by atoms with Crippen LogP contribution in [0.2, 0.25) is 15.1 Å². The van der Waals surface area contributed by atoms with Crippen LogP contribution < -0.4 is 9.62 Å². The maximum absolute atomic E-state index is 13.3. The molecule has 5 rings (SSSR count). The van der Waals surface area contributed by atoms with Gasteiger partial charge < -0.3 is 5.32 Å². The average Bonchev–Trinajstić information content (AvgIpc) is 3.18. The molecule has 2 aliphatic heterocycles. The van der Waals surface area contributed by atoms with Crippen molar-refractivity contribution in [2.45, 2.75) is 6.04 Å². The zero-order valence-corrected chi connectivity index (χ0v) is 22.1. The summed E-state index contributed by atoms with van der Waals surface area (Å²) in [6.07, 6.45) is 0. The highest BCUT2D eigenvalue weighted by molar-refractivity contribution is 7.92. The number of halogens is 4. The minimum Gasteiger partial charge on any atom is -0.314 e. The van der Waals surface area contributed by atoms with Crippen LogP contribution in [0.25, 0.3) is 16.9 Å². The highest BCUT2D eigenvalue weighted by Gasteiger charge is 2.42. The zero-order valence-electron chi connectivity index (χ0n) is 18.2. The van der Waals surface area contributed by atoms with Crippen LogP contribution >= 0.6 is 47.2 Å². The van der Waals surface area contributed by atoms with Crippen molar-refractivity contribution in [2.75, 3.05) is 43.3 Å². The number of rotatable bonds is 3. The van der Waals surface area contributed by atoms with Crippen LogP contribution in [-0.4, -0.2) is 62.1 Å². The number of fused-ring (bicyclic) bond motifs is 1. The van der Waals surface area contributed by atoms with E-state index in [2.05, 4.69) is 10.2 Å². The Balaban J connectivity index is 0.00000274. The highest BCUT2D eigenvalue weighted by atomic mass is 35.5. The van der Waals surface area contributed by atoms with Crippen molar-refractivity contribution in [3.8, 4) is 16.9 Å². The molecule has 0 spiro atoms. The predicted molar refractivity (Wildman–Crippen MR) is 141 cm³/mol. The summed E-state index contributed by atoms with van der Waals surface area (Å²) < 4.78 is 29.6. The lowest BCUT2D eigenvalue weighted by molar-refractivity contribution is 0.183. The van der Waals surface area contributed by atoms with E-state index in [1.54, 1.807) is 42.1 Å². The van der Waals surface area contributed by atoms with Crippen molar-refractivity contribution < 1.29 is 8.42 Å². The Hall–Kier alpha value is -1.52. The molecule has 0 aliphatic carbocycles. The molecule has 182 valence electrons. The van der Waals surface area contributed by atoms with Gasteiger partial charge in [0.1, 0.15) is 11.4 Å². The molecule has 3 heterocycles. The Morgan fingerprint density at radius 2 is 1.65 bits per heavy atom. The van der Waals surface area contributed by atoms with Crippen LogP contribution in [0.5, 0.6) is 0 Å². The fraction of sp³-hybridized carbons (Fsp3) is 0.318. The Morgan fingerprint density at radius 3 is 2.29 bits per heavy atom. The van der Waals surface area contributed by atoms with Crippen LogP contribution in [0.3, 0.4) is 0 Å². The van der Waals surface area contributed by atoms with Gasteiger partial charge in [0, 0.05) is 48.8 Å². The number of hydrogen-bond donors (Lipinski definition) is 1. The van der Waals surface area contributed by atoms with Gasteiger partial charge >= 0.3 is 0 Å². The SMILES string of the molecule is CN1c2c(nn(-c3ccc(Cl)cc3Cl)c2-c2ccc(Cl)cc2)C(N2CCNCC2)CS1(=O)=O.Cl. The average molecular weight is 563 g/mol. The molecule has 1 saturated heterocycles. The quantitative estimate of drug-likeness (QED) is 0.503. The molecule has 0 radical (unpaired) electrons. The number of anilines is 1. The van der Waals surface area contributed by atoms with Gasteiger partial charge in [0.2, 0.25) is 10.0 Å². The summed E-state index contributed by atoms with van der Waals surface area (Å²) >= 11 is 18.8. The summed E-state index contributed by atoms with van der Waals surface area (Å²) in [5, 5.41) is 9.81. The fourth-order valence-corrected chi connectivity index (χ4v) is 6.52. The van der Waals surface area contributed by atoms with E-state index in [0.717, 1.165) is 31.7 Å². The molecule has 12 heteroatoms. The van der Waals surface area contributed by atoms with E-state index in [4.69, 9.17) is 39.9 Å². The molecule has 0 bridgehead atoms. The van der Waals surface area contributed by atoms with Crippen molar-refractivity contribution in [3.05, 3.63) is 63.2 Å². The Labute approximate surface area is 220 Å². The van der Waals surface area contributed by atoms with E-state index < -0.39 is 10.0 Å². The van der Waals surface area contributed by atoms with Crippen molar-refractivity contribution in [2.24, 2.45) is 0 Å². The van der Waals surface area contributed by atoms with Crippen LogP contribution in [0.4, 0.5) is 5.69 Å². The number of piperazine rings is 1.